The first-order valence-electron chi connectivity index (χ1n) is 3.49. The quantitative estimate of drug-likeness (QED) is 0.450. The van der Waals surface area contributed by atoms with Crippen LogP contribution in [0.25, 0.3) is 0 Å². The minimum absolute atomic E-state index is 0. The molecule has 0 amide bonds. The van der Waals surface area contributed by atoms with E-state index in [4.69, 9.17) is 5.73 Å². The Morgan fingerprint density at radius 1 is 1.25 bits per heavy atom. The van der Waals surface area contributed by atoms with Gasteiger partial charge in [0.05, 0.1) is 12.2 Å². The molecule has 0 bridgehead atoms. The molecule has 4 atom stereocenters. The number of rotatable bonds is 1. The topological polar surface area (TPSA) is 78.5 Å². The Labute approximate surface area is 84.3 Å². The summed E-state index contributed by atoms with van der Waals surface area (Å²) >= 11 is 0. The molecule has 1 saturated heterocycles. The van der Waals surface area contributed by atoms with Crippen LogP contribution in [0.3, 0.4) is 0 Å². The summed E-state index contributed by atoms with van der Waals surface area (Å²) < 4.78 is 0. The van der Waals surface area contributed by atoms with Crippen molar-refractivity contribution in [2.45, 2.75) is 31.2 Å². The molecule has 0 aliphatic carbocycles. The van der Waals surface area contributed by atoms with Crippen LogP contribution in [0.2, 0.25) is 0 Å². The highest BCUT2D eigenvalue weighted by Gasteiger charge is 2.37. The summed E-state index contributed by atoms with van der Waals surface area (Å²) in [5.74, 6) is 0. The molecule has 0 unspecified atom stereocenters. The summed E-state index contributed by atoms with van der Waals surface area (Å²) in [4.78, 5) is 0. The summed E-state index contributed by atoms with van der Waals surface area (Å²) in [6.07, 6.45) is -1.38. The Morgan fingerprint density at radius 3 is 1.92 bits per heavy atom. The number of aliphatic hydroxyl groups is 2. The lowest BCUT2D eigenvalue weighted by Crippen LogP contribution is -2.39. The van der Waals surface area contributed by atoms with Crippen LogP contribution in [-0.2, 0) is 0 Å². The normalized spacial score (nSPS) is 40.0. The summed E-state index contributed by atoms with van der Waals surface area (Å²) in [6, 6.07) is -0.200. The molecule has 6 heteroatoms. The van der Waals surface area contributed by atoms with Gasteiger partial charge in [0.1, 0.15) is 0 Å². The fourth-order valence-corrected chi connectivity index (χ4v) is 1.28. The van der Waals surface area contributed by atoms with E-state index < -0.39 is 12.2 Å². The summed E-state index contributed by atoms with van der Waals surface area (Å²) in [5.41, 5.74) is 5.32. The smallest absolute Gasteiger partial charge is 0.0979 e. The van der Waals surface area contributed by atoms with Crippen LogP contribution in [-0.4, -0.2) is 41.0 Å². The average Bonchev–Trinajstić information content (AvgIpc) is 2.17. The second-order valence-electron chi connectivity index (χ2n) is 2.78. The van der Waals surface area contributed by atoms with Crippen LogP contribution in [0.4, 0.5) is 0 Å². The fourth-order valence-electron chi connectivity index (χ4n) is 1.28. The zero-order valence-corrected chi connectivity index (χ0v) is 8.44. The lowest BCUT2D eigenvalue weighted by atomic mass is 10.1. The van der Waals surface area contributed by atoms with Gasteiger partial charge in [0, 0.05) is 18.6 Å². The van der Waals surface area contributed by atoms with Gasteiger partial charge in [0.2, 0.25) is 0 Å². The summed E-state index contributed by atoms with van der Waals surface area (Å²) in [6.45, 7) is 2.19. The van der Waals surface area contributed by atoms with Gasteiger partial charge in [0.25, 0.3) is 0 Å². The van der Waals surface area contributed by atoms with Crippen LogP contribution in [0, 0.1) is 0 Å². The van der Waals surface area contributed by atoms with Gasteiger partial charge in [-0.25, -0.2) is 0 Å². The van der Waals surface area contributed by atoms with E-state index in [0.717, 1.165) is 0 Å². The Bertz CT molecular complexity index is 128. The van der Waals surface area contributed by atoms with Crippen molar-refractivity contribution in [1.82, 2.24) is 5.32 Å². The standard InChI is InChI=1S/C6H14N2O2.2ClH/c1-3-5(9)6(10)4(2-7)8-3;;/h3-6,8-10H,2,7H2,1H3;2*1H/t3-,4+,5-,6+;;/m1../s1. The maximum absolute atomic E-state index is 9.24. The molecule has 76 valence electrons. The molecular weight excluding hydrogens is 203 g/mol. The monoisotopic (exact) mass is 218 g/mol. The van der Waals surface area contributed by atoms with Crippen molar-refractivity contribution in [3.05, 3.63) is 0 Å². The van der Waals surface area contributed by atoms with E-state index in [2.05, 4.69) is 5.32 Å². The SMILES string of the molecule is C[C@H]1N[C@@H](CN)[C@H](O)[C@@H]1O.Cl.Cl. The molecule has 0 spiro atoms. The third kappa shape index (κ3) is 2.73. The summed E-state index contributed by atoms with van der Waals surface area (Å²) in [5, 5.41) is 21.4. The second kappa shape index (κ2) is 5.96. The van der Waals surface area contributed by atoms with E-state index in [1.165, 1.54) is 0 Å². The molecule has 0 radical (unpaired) electrons. The van der Waals surface area contributed by atoms with Gasteiger partial charge in [-0.3, -0.25) is 0 Å². The van der Waals surface area contributed by atoms with E-state index in [1.54, 1.807) is 0 Å². The third-order valence-corrected chi connectivity index (χ3v) is 2.01. The van der Waals surface area contributed by atoms with Crippen LogP contribution in [0.1, 0.15) is 6.92 Å². The zero-order chi connectivity index (χ0) is 7.72. The first kappa shape index (κ1) is 14.9. The predicted octanol–water partition coefficient (Wildman–Crippen LogP) is -1.13. The highest BCUT2D eigenvalue weighted by atomic mass is 35.5. The molecule has 1 aliphatic heterocycles. The van der Waals surface area contributed by atoms with Gasteiger partial charge < -0.3 is 21.3 Å². The molecule has 1 heterocycles. The molecule has 1 fully saturated rings. The fraction of sp³-hybridized carbons (Fsp3) is 1.00. The van der Waals surface area contributed by atoms with Crippen molar-refractivity contribution in [3.8, 4) is 0 Å². The van der Waals surface area contributed by atoms with Gasteiger partial charge in [-0.1, -0.05) is 0 Å². The summed E-state index contributed by atoms with van der Waals surface area (Å²) in [7, 11) is 0. The van der Waals surface area contributed by atoms with Gasteiger partial charge in [-0.2, -0.15) is 0 Å². The Hall–Kier alpha value is 0.420. The van der Waals surface area contributed by atoms with Crippen molar-refractivity contribution in [2.24, 2.45) is 5.73 Å². The molecular formula is C6H16Cl2N2O2. The first-order valence-corrected chi connectivity index (χ1v) is 3.49. The Morgan fingerprint density at radius 2 is 1.75 bits per heavy atom. The lowest BCUT2D eigenvalue weighted by molar-refractivity contribution is 0.0315. The first-order chi connectivity index (χ1) is 4.66. The van der Waals surface area contributed by atoms with Gasteiger partial charge >= 0.3 is 0 Å². The third-order valence-electron chi connectivity index (χ3n) is 2.01. The van der Waals surface area contributed by atoms with Crippen molar-refractivity contribution in [1.29, 1.82) is 0 Å². The lowest BCUT2D eigenvalue weighted by Gasteiger charge is -2.12. The molecule has 0 saturated carbocycles. The molecule has 0 aromatic carbocycles. The number of nitrogens with one attached hydrogen (secondary N) is 1. The largest absolute Gasteiger partial charge is 0.389 e. The number of hydrogen-bond donors (Lipinski definition) is 4. The molecule has 4 nitrogen and oxygen atoms in total. The van der Waals surface area contributed by atoms with E-state index in [9.17, 15) is 10.2 Å². The Balaban J connectivity index is 0. The highest BCUT2D eigenvalue weighted by Crippen LogP contribution is 2.12. The van der Waals surface area contributed by atoms with E-state index in [1.807, 2.05) is 6.92 Å². The van der Waals surface area contributed by atoms with Crippen molar-refractivity contribution in [2.75, 3.05) is 6.54 Å². The molecule has 0 aromatic heterocycles. The van der Waals surface area contributed by atoms with Gasteiger partial charge in [0.15, 0.2) is 0 Å². The van der Waals surface area contributed by atoms with E-state index >= 15 is 0 Å². The minimum atomic E-state index is -0.708. The van der Waals surface area contributed by atoms with Crippen LogP contribution < -0.4 is 11.1 Å². The van der Waals surface area contributed by atoms with E-state index in [-0.39, 0.29) is 36.9 Å². The molecule has 12 heavy (non-hydrogen) atoms. The van der Waals surface area contributed by atoms with Crippen LogP contribution in [0.5, 0.6) is 0 Å². The Kier molecular flexibility index (Phi) is 7.41. The maximum atomic E-state index is 9.24. The van der Waals surface area contributed by atoms with Crippen LogP contribution in [0.15, 0.2) is 0 Å². The van der Waals surface area contributed by atoms with Crippen molar-refractivity contribution < 1.29 is 10.2 Å². The van der Waals surface area contributed by atoms with Crippen molar-refractivity contribution >= 4 is 24.8 Å². The number of halogens is 2. The zero-order valence-electron chi connectivity index (χ0n) is 6.80. The van der Waals surface area contributed by atoms with Gasteiger partial charge in [-0.05, 0) is 6.92 Å². The van der Waals surface area contributed by atoms with Crippen LogP contribution >= 0.6 is 24.8 Å². The van der Waals surface area contributed by atoms with Gasteiger partial charge in [-0.15, -0.1) is 24.8 Å². The molecule has 0 aromatic rings. The average molecular weight is 219 g/mol. The molecule has 5 N–H and O–H groups in total. The van der Waals surface area contributed by atoms with E-state index in [0.29, 0.717) is 6.54 Å². The number of nitrogens with two attached hydrogens (primary N) is 1. The number of hydrogen-bond acceptors (Lipinski definition) is 4. The second-order valence-corrected chi connectivity index (χ2v) is 2.78. The maximum Gasteiger partial charge on any atom is 0.0979 e. The molecule has 1 aliphatic rings. The minimum Gasteiger partial charge on any atom is -0.389 e. The van der Waals surface area contributed by atoms with Crippen molar-refractivity contribution in [3.63, 3.8) is 0 Å². The number of aliphatic hydroxyl groups excluding tert-OH is 2. The molecule has 1 rings (SSSR count). The predicted molar refractivity (Wildman–Crippen MR) is 51.9 cm³/mol. The highest BCUT2D eigenvalue weighted by molar-refractivity contribution is 5.85.